The number of hydrogen-bond donors (Lipinski definition) is 2. The molecule has 2 heterocycles. The number of amides is 5. The fourth-order valence-electron chi connectivity index (χ4n) is 8.53. The number of carbonyl (C=O) groups excluding carboxylic acids is 5. The van der Waals surface area contributed by atoms with E-state index in [1.807, 2.05) is 55.5 Å². The molecule has 0 radical (unpaired) electrons. The summed E-state index contributed by atoms with van der Waals surface area (Å²) in [6, 6.07) is 21.7. The van der Waals surface area contributed by atoms with Crippen LogP contribution in [0, 0.1) is 30.6 Å². The number of imide groups is 4. The molecule has 0 spiro atoms. The summed E-state index contributed by atoms with van der Waals surface area (Å²) >= 11 is 0. The number of hydrogen-bond acceptors (Lipinski definition) is 8. The van der Waals surface area contributed by atoms with Crippen LogP contribution in [0.3, 0.4) is 0 Å². The molecule has 1 saturated carbocycles. The molecule has 3 aromatic carbocycles. The second-order valence-corrected chi connectivity index (χ2v) is 12.9. The van der Waals surface area contributed by atoms with Crippen molar-refractivity contribution in [2.24, 2.45) is 23.7 Å². The number of allylic oxidation sites excluding steroid dienone is 3. The number of ether oxygens (including phenoxy) is 1. The number of fused-ring (bicyclic) bond motifs is 4. The predicted molar refractivity (Wildman–Crippen MR) is 175 cm³/mol. The van der Waals surface area contributed by atoms with Gasteiger partial charge in [0.1, 0.15) is 5.75 Å². The number of methoxy groups -OCH3 is 1. The largest absolute Gasteiger partial charge is 0.507 e. The lowest BCUT2D eigenvalue weighted by Gasteiger charge is -2.50. The molecular formula is C38H35N3O7. The van der Waals surface area contributed by atoms with Crippen LogP contribution in [0.15, 0.2) is 97.1 Å². The molecule has 3 aromatic rings. The van der Waals surface area contributed by atoms with Gasteiger partial charge in [0.25, 0.3) is 11.8 Å². The van der Waals surface area contributed by atoms with Crippen molar-refractivity contribution in [2.45, 2.75) is 37.5 Å². The van der Waals surface area contributed by atoms with E-state index in [1.54, 1.807) is 36.4 Å². The van der Waals surface area contributed by atoms with Crippen molar-refractivity contribution in [1.82, 2.24) is 9.91 Å². The Balaban J connectivity index is 1.47. The fraction of sp³-hybridized carbons (Fsp3) is 0.289. The monoisotopic (exact) mass is 645 g/mol. The second kappa shape index (κ2) is 11.6. The molecule has 4 aliphatic rings. The Morgan fingerprint density at radius 3 is 2.40 bits per heavy atom. The summed E-state index contributed by atoms with van der Waals surface area (Å²) in [6.45, 7) is 5.76. The maximum absolute atomic E-state index is 15.2. The van der Waals surface area contributed by atoms with Crippen molar-refractivity contribution in [3.05, 3.63) is 119 Å². The van der Waals surface area contributed by atoms with Crippen LogP contribution >= 0.6 is 0 Å². The van der Waals surface area contributed by atoms with Gasteiger partial charge in [-0.05, 0) is 55.4 Å². The first-order chi connectivity index (χ1) is 23.1. The van der Waals surface area contributed by atoms with Gasteiger partial charge >= 0.3 is 6.09 Å². The molecule has 2 aliphatic heterocycles. The van der Waals surface area contributed by atoms with Gasteiger partial charge in [0, 0.05) is 11.5 Å². The van der Waals surface area contributed by atoms with Gasteiger partial charge in [-0.1, -0.05) is 84.0 Å². The van der Waals surface area contributed by atoms with Gasteiger partial charge in [-0.2, -0.15) is 9.91 Å². The minimum atomic E-state index is -1.52. The summed E-state index contributed by atoms with van der Waals surface area (Å²) < 4.78 is 4.79. The van der Waals surface area contributed by atoms with Gasteiger partial charge in [0.15, 0.2) is 0 Å². The van der Waals surface area contributed by atoms with E-state index in [4.69, 9.17) is 4.74 Å². The Labute approximate surface area is 277 Å². The van der Waals surface area contributed by atoms with E-state index < -0.39 is 64.7 Å². The zero-order valence-corrected chi connectivity index (χ0v) is 26.6. The van der Waals surface area contributed by atoms with E-state index in [1.165, 1.54) is 0 Å². The van der Waals surface area contributed by atoms with Crippen molar-refractivity contribution in [3.63, 3.8) is 0 Å². The molecule has 2 N–H and O–H groups in total. The van der Waals surface area contributed by atoms with Crippen molar-refractivity contribution in [1.29, 1.82) is 0 Å². The first-order valence-corrected chi connectivity index (χ1v) is 16.0. The Hall–Kier alpha value is -5.51. The van der Waals surface area contributed by atoms with Crippen molar-refractivity contribution in [3.8, 4) is 5.75 Å². The standard InChI is InChI=1S/C38H35N3O7/c1-4-9-22-10-8-13-27(32(22)42)31-25-18-19-26-30(35(45)40(33(26)43)37(47)48-3)28(25)20-29-34(44)41(39-24-16-14-21(2)15-17-24)36(46)38(29,31)23-11-6-5-7-12-23/h4-8,10-18,26,28-31,39,42H,1,9,19-20H2,2-3H3. The Kier molecular flexibility index (Phi) is 7.53. The molecule has 2 saturated heterocycles. The number of phenols is 1. The summed E-state index contributed by atoms with van der Waals surface area (Å²) in [4.78, 5) is 70.4. The molecule has 10 nitrogen and oxygen atoms in total. The second-order valence-electron chi connectivity index (χ2n) is 12.9. The molecule has 5 amide bonds. The quantitative estimate of drug-likeness (QED) is 0.277. The number of carbonyl (C=O) groups is 5. The highest BCUT2D eigenvalue weighted by Crippen LogP contribution is 2.65. The van der Waals surface area contributed by atoms with Gasteiger partial charge in [0.2, 0.25) is 11.8 Å². The lowest BCUT2D eigenvalue weighted by molar-refractivity contribution is -0.140. The van der Waals surface area contributed by atoms with E-state index in [0.29, 0.717) is 39.3 Å². The number of nitrogens with zero attached hydrogens (tertiary/aromatic N) is 2. The Morgan fingerprint density at radius 2 is 1.71 bits per heavy atom. The predicted octanol–water partition coefficient (Wildman–Crippen LogP) is 5.18. The summed E-state index contributed by atoms with van der Waals surface area (Å²) in [6.07, 6.45) is 3.05. The normalized spacial score (nSPS) is 27.6. The molecule has 7 rings (SSSR count). The number of aryl methyl sites for hydroxylation is 1. The van der Waals surface area contributed by atoms with Gasteiger partial charge < -0.3 is 9.84 Å². The van der Waals surface area contributed by atoms with E-state index in [0.717, 1.165) is 17.7 Å². The third-order valence-corrected chi connectivity index (χ3v) is 10.6. The summed E-state index contributed by atoms with van der Waals surface area (Å²) in [7, 11) is 1.11. The van der Waals surface area contributed by atoms with Gasteiger partial charge in [-0.3, -0.25) is 24.6 Å². The Bertz CT molecular complexity index is 1900. The summed E-state index contributed by atoms with van der Waals surface area (Å²) in [5.41, 5.74) is 5.36. The zero-order chi connectivity index (χ0) is 33.9. The number of nitrogens with one attached hydrogen (secondary N) is 1. The molecule has 3 fully saturated rings. The van der Waals surface area contributed by atoms with Crippen LogP contribution in [-0.2, 0) is 35.8 Å². The van der Waals surface area contributed by atoms with Crippen molar-refractivity contribution < 1.29 is 33.8 Å². The number of aromatic hydroxyl groups is 1. The number of benzene rings is 3. The molecule has 244 valence electrons. The van der Waals surface area contributed by atoms with Gasteiger partial charge in [0.05, 0.1) is 36.0 Å². The van der Waals surface area contributed by atoms with E-state index in [9.17, 15) is 24.3 Å². The lowest BCUT2D eigenvalue weighted by Crippen LogP contribution is -2.53. The smallest absolute Gasteiger partial charge is 0.423 e. The zero-order valence-electron chi connectivity index (χ0n) is 26.6. The van der Waals surface area contributed by atoms with Crippen LogP contribution in [0.1, 0.15) is 41.0 Å². The highest BCUT2D eigenvalue weighted by molar-refractivity contribution is 6.16. The van der Waals surface area contributed by atoms with Crippen LogP contribution in [0.25, 0.3) is 0 Å². The first kappa shape index (κ1) is 31.1. The molecule has 10 heteroatoms. The SMILES string of the molecule is C=CCc1cccc(C2C3=CCC4C(=O)N(C(=O)OC)C(=O)C4C3CC3C(=O)N(Nc4ccc(C)cc4)C(=O)C32c2ccccc2)c1O. The minimum Gasteiger partial charge on any atom is -0.507 e. The molecule has 6 unspecified atom stereocenters. The topological polar surface area (TPSA) is 133 Å². The number of hydrazine groups is 1. The first-order valence-electron chi connectivity index (χ1n) is 16.0. The third kappa shape index (κ3) is 4.35. The van der Waals surface area contributed by atoms with Gasteiger partial charge in [-0.15, -0.1) is 6.58 Å². The van der Waals surface area contributed by atoms with Crippen LogP contribution in [0.4, 0.5) is 10.5 Å². The number of phenolic OH excluding ortho intramolecular Hbond substituents is 1. The van der Waals surface area contributed by atoms with Crippen LogP contribution in [-0.4, -0.2) is 51.8 Å². The third-order valence-electron chi connectivity index (χ3n) is 10.6. The average molecular weight is 646 g/mol. The van der Waals surface area contributed by atoms with Gasteiger partial charge in [-0.25, -0.2) is 4.79 Å². The Morgan fingerprint density at radius 1 is 0.979 bits per heavy atom. The van der Waals surface area contributed by atoms with E-state index in [-0.39, 0.29) is 18.6 Å². The van der Waals surface area contributed by atoms with Crippen LogP contribution in [0.5, 0.6) is 5.75 Å². The molecular weight excluding hydrogens is 610 g/mol. The van der Waals surface area contributed by atoms with Crippen LogP contribution < -0.4 is 5.43 Å². The molecule has 2 aliphatic carbocycles. The molecule has 6 atom stereocenters. The molecule has 48 heavy (non-hydrogen) atoms. The highest BCUT2D eigenvalue weighted by atomic mass is 16.5. The van der Waals surface area contributed by atoms with Crippen LogP contribution in [0.2, 0.25) is 0 Å². The number of para-hydroxylation sites is 1. The summed E-state index contributed by atoms with van der Waals surface area (Å²) in [5.74, 6) is -6.69. The lowest BCUT2D eigenvalue weighted by atomic mass is 9.49. The number of rotatable bonds is 6. The molecule has 0 aromatic heterocycles. The van der Waals surface area contributed by atoms with E-state index >= 15 is 4.79 Å². The fourth-order valence-corrected chi connectivity index (χ4v) is 8.53. The van der Waals surface area contributed by atoms with Crippen molar-refractivity contribution in [2.75, 3.05) is 12.5 Å². The minimum absolute atomic E-state index is 0.0321. The molecule has 0 bridgehead atoms. The number of likely N-dealkylation sites (tertiary alicyclic amines) is 1. The average Bonchev–Trinajstić information content (AvgIpc) is 3.48. The van der Waals surface area contributed by atoms with E-state index in [2.05, 4.69) is 12.0 Å². The highest BCUT2D eigenvalue weighted by Gasteiger charge is 2.71. The summed E-state index contributed by atoms with van der Waals surface area (Å²) in [5, 5.41) is 12.9. The van der Waals surface area contributed by atoms with Crippen molar-refractivity contribution >= 4 is 35.4 Å². The number of anilines is 1. The maximum Gasteiger partial charge on any atom is 0.423 e. The maximum atomic E-state index is 15.2.